The van der Waals surface area contributed by atoms with Gasteiger partial charge in [-0.2, -0.15) is 0 Å². The molecular weight excluding hydrogens is 256 g/mol. The third kappa shape index (κ3) is 2.96. The lowest BCUT2D eigenvalue weighted by molar-refractivity contribution is 0.411. The first kappa shape index (κ1) is 14.0. The highest BCUT2D eigenvalue weighted by molar-refractivity contribution is 7.09. The number of ether oxygens (including phenoxy) is 1. The standard InChI is InChI=1S/C15H20N2OS/c1-5-17-15(14-8-16-9-19-14)12-6-11(3)13(18-4)7-10(12)2/h6-9,15,17H,5H2,1-4H3. The molecule has 1 unspecified atom stereocenters. The van der Waals surface area contributed by atoms with Crippen molar-refractivity contribution in [2.75, 3.05) is 13.7 Å². The molecule has 0 spiro atoms. The molecule has 1 N–H and O–H groups in total. The van der Waals surface area contributed by atoms with Gasteiger partial charge >= 0.3 is 0 Å². The van der Waals surface area contributed by atoms with Crippen LogP contribution in [0.1, 0.15) is 34.5 Å². The van der Waals surface area contributed by atoms with E-state index in [1.54, 1.807) is 18.4 Å². The largest absolute Gasteiger partial charge is 0.496 e. The van der Waals surface area contributed by atoms with Crippen molar-refractivity contribution in [3.8, 4) is 5.75 Å². The zero-order valence-corrected chi connectivity index (χ0v) is 12.7. The third-order valence-corrected chi connectivity index (χ3v) is 4.08. The van der Waals surface area contributed by atoms with Crippen molar-refractivity contribution in [3.63, 3.8) is 0 Å². The van der Waals surface area contributed by atoms with Crippen LogP contribution in [0, 0.1) is 13.8 Å². The van der Waals surface area contributed by atoms with Crippen LogP contribution in [-0.4, -0.2) is 18.6 Å². The average molecular weight is 276 g/mol. The molecule has 102 valence electrons. The molecule has 19 heavy (non-hydrogen) atoms. The minimum Gasteiger partial charge on any atom is -0.496 e. The van der Waals surface area contributed by atoms with E-state index in [1.165, 1.54) is 16.0 Å². The SMILES string of the molecule is CCNC(c1cncs1)c1cc(C)c(OC)cc1C. The summed E-state index contributed by atoms with van der Waals surface area (Å²) in [6.45, 7) is 7.26. The number of methoxy groups -OCH3 is 1. The Balaban J connectivity index is 2.45. The molecule has 0 fully saturated rings. The smallest absolute Gasteiger partial charge is 0.122 e. The van der Waals surface area contributed by atoms with E-state index in [0.29, 0.717) is 0 Å². The van der Waals surface area contributed by atoms with E-state index >= 15 is 0 Å². The van der Waals surface area contributed by atoms with Crippen molar-refractivity contribution in [3.05, 3.63) is 45.4 Å². The molecule has 0 aliphatic rings. The van der Waals surface area contributed by atoms with Crippen LogP contribution in [0.5, 0.6) is 5.75 Å². The van der Waals surface area contributed by atoms with E-state index in [9.17, 15) is 0 Å². The number of aryl methyl sites for hydroxylation is 2. The molecule has 1 atom stereocenters. The Kier molecular flexibility index (Phi) is 4.56. The summed E-state index contributed by atoms with van der Waals surface area (Å²) in [6, 6.07) is 4.53. The van der Waals surface area contributed by atoms with E-state index in [-0.39, 0.29) is 6.04 Å². The summed E-state index contributed by atoms with van der Waals surface area (Å²) in [5.41, 5.74) is 5.58. The van der Waals surface area contributed by atoms with Crippen LogP contribution in [-0.2, 0) is 0 Å². The molecule has 3 nitrogen and oxygen atoms in total. The van der Waals surface area contributed by atoms with Crippen molar-refractivity contribution in [2.24, 2.45) is 0 Å². The molecule has 0 aliphatic carbocycles. The number of rotatable bonds is 5. The van der Waals surface area contributed by atoms with Gasteiger partial charge in [-0.15, -0.1) is 11.3 Å². The van der Waals surface area contributed by atoms with Gasteiger partial charge in [0.05, 0.1) is 18.7 Å². The van der Waals surface area contributed by atoms with Gasteiger partial charge in [0.25, 0.3) is 0 Å². The lowest BCUT2D eigenvalue weighted by Gasteiger charge is -2.20. The Morgan fingerprint density at radius 1 is 1.32 bits per heavy atom. The van der Waals surface area contributed by atoms with Crippen LogP contribution in [0.3, 0.4) is 0 Å². The quantitative estimate of drug-likeness (QED) is 0.908. The van der Waals surface area contributed by atoms with Crippen molar-refractivity contribution >= 4 is 11.3 Å². The molecule has 4 heteroatoms. The van der Waals surface area contributed by atoms with Crippen molar-refractivity contribution in [1.82, 2.24) is 10.3 Å². The van der Waals surface area contributed by atoms with E-state index in [0.717, 1.165) is 17.9 Å². The first-order chi connectivity index (χ1) is 9.17. The molecule has 0 aliphatic heterocycles. The Bertz CT molecular complexity index is 537. The van der Waals surface area contributed by atoms with Crippen LogP contribution in [0.25, 0.3) is 0 Å². The van der Waals surface area contributed by atoms with Crippen LogP contribution in [0.2, 0.25) is 0 Å². The molecule has 0 bridgehead atoms. The molecule has 1 heterocycles. The van der Waals surface area contributed by atoms with Gasteiger partial charge in [0.2, 0.25) is 0 Å². The highest BCUT2D eigenvalue weighted by Gasteiger charge is 2.18. The fraction of sp³-hybridized carbons (Fsp3) is 0.400. The van der Waals surface area contributed by atoms with Crippen LogP contribution in [0.15, 0.2) is 23.8 Å². The Morgan fingerprint density at radius 3 is 2.68 bits per heavy atom. The number of benzene rings is 1. The number of hydrogen-bond donors (Lipinski definition) is 1. The summed E-state index contributed by atoms with van der Waals surface area (Å²) >= 11 is 1.69. The van der Waals surface area contributed by atoms with E-state index in [1.807, 2.05) is 11.7 Å². The minimum absolute atomic E-state index is 0.210. The van der Waals surface area contributed by atoms with Gasteiger partial charge in [-0.25, -0.2) is 0 Å². The van der Waals surface area contributed by atoms with Gasteiger partial charge in [-0.05, 0) is 43.1 Å². The summed E-state index contributed by atoms with van der Waals surface area (Å²) in [4.78, 5) is 5.44. The highest BCUT2D eigenvalue weighted by Crippen LogP contribution is 2.31. The summed E-state index contributed by atoms with van der Waals surface area (Å²) in [5, 5.41) is 3.54. The summed E-state index contributed by atoms with van der Waals surface area (Å²) in [5.74, 6) is 0.945. The van der Waals surface area contributed by atoms with Gasteiger partial charge in [0.1, 0.15) is 5.75 Å². The topological polar surface area (TPSA) is 34.2 Å². The van der Waals surface area contributed by atoms with Gasteiger partial charge < -0.3 is 10.1 Å². The Labute approximate surface area is 118 Å². The number of thiazole rings is 1. The summed E-state index contributed by atoms with van der Waals surface area (Å²) in [6.07, 6.45) is 1.94. The predicted octanol–water partition coefficient (Wildman–Crippen LogP) is 3.47. The maximum Gasteiger partial charge on any atom is 0.122 e. The van der Waals surface area contributed by atoms with Gasteiger partial charge in [-0.1, -0.05) is 13.0 Å². The number of aromatic nitrogens is 1. The Hall–Kier alpha value is -1.39. The minimum atomic E-state index is 0.210. The summed E-state index contributed by atoms with van der Waals surface area (Å²) < 4.78 is 5.38. The predicted molar refractivity (Wildman–Crippen MR) is 80.1 cm³/mol. The molecule has 0 saturated carbocycles. The average Bonchev–Trinajstić information content (AvgIpc) is 2.92. The second kappa shape index (κ2) is 6.17. The van der Waals surface area contributed by atoms with Crippen molar-refractivity contribution in [2.45, 2.75) is 26.8 Å². The zero-order valence-electron chi connectivity index (χ0n) is 11.9. The number of nitrogens with zero attached hydrogens (tertiary/aromatic N) is 1. The van der Waals surface area contributed by atoms with Crippen LogP contribution < -0.4 is 10.1 Å². The monoisotopic (exact) mass is 276 g/mol. The molecule has 1 aromatic heterocycles. The van der Waals surface area contributed by atoms with E-state index in [4.69, 9.17) is 4.74 Å². The first-order valence-corrected chi connectivity index (χ1v) is 7.32. The van der Waals surface area contributed by atoms with Gasteiger partial charge in [0, 0.05) is 11.1 Å². The zero-order chi connectivity index (χ0) is 13.8. The second-order valence-corrected chi connectivity index (χ2v) is 5.49. The molecule has 0 saturated heterocycles. The van der Waals surface area contributed by atoms with E-state index in [2.05, 4.69) is 43.2 Å². The second-order valence-electron chi connectivity index (χ2n) is 4.57. The molecule has 0 radical (unpaired) electrons. The molecular formula is C15H20N2OS. The maximum absolute atomic E-state index is 5.38. The summed E-state index contributed by atoms with van der Waals surface area (Å²) in [7, 11) is 1.71. The van der Waals surface area contributed by atoms with Gasteiger partial charge in [-0.3, -0.25) is 4.98 Å². The number of nitrogens with one attached hydrogen (secondary N) is 1. The van der Waals surface area contributed by atoms with Crippen LogP contribution >= 0.6 is 11.3 Å². The van der Waals surface area contributed by atoms with Crippen LogP contribution in [0.4, 0.5) is 0 Å². The van der Waals surface area contributed by atoms with Gasteiger partial charge in [0.15, 0.2) is 0 Å². The molecule has 2 rings (SSSR count). The lowest BCUT2D eigenvalue weighted by Crippen LogP contribution is -2.22. The Morgan fingerprint density at radius 2 is 2.11 bits per heavy atom. The molecule has 1 aromatic carbocycles. The number of hydrogen-bond acceptors (Lipinski definition) is 4. The van der Waals surface area contributed by atoms with E-state index < -0.39 is 0 Å². The molecule has 0 amide bonds. The lowest BCUT2D eigenvalue weighted by atomic mass is 9.97. The third-order valence-electron chi connectivity index (χ3n) is 3.24. The first-order valence-electron chi connectivity index (χ1n) is 6.44. The fourth-order valence-electron chi connectivity index (χ4n) is 2.28. The highest BCUT2D eigenvalue weighted by atomic mass is 32.1. The fourth-order valence-corrected chi connectivity index (χ4v) is 2.99. The molecule has 2 aromatic rings. The van der Waals surface area contributed by atoms with Crippen molar-refractivity contribution in [1.29, 1.82) is 0 Å². The maximum atomic E-state index is 5.38. The van der Waals surface area contributed by atoms with Crippen molar-refractivity contribution < 1.29 is 4.74 Å². The normalized spacial score (nSPS) is 12.4.